The van der Waals surface area contributed by atoms with Gasteiger partial charge in [0.05, 0.1) is 6.54 Å². The maximum atomic E-state index is 13.4. The minimum absolute atomic E-state index is 0.0462. The Morgan fingerprint density at radius 2 is 1.67 bits per heavy atom. The molecule has 3 nitrogen and oxygen atoms in total. The molecule has 0 spiro atoms. The van der Waals surface area contributed by atoms with Crippen molar-refractivity contribution in [3.05, 3.63) is 0 Å². The number of hydrogen-bond acceptors (Lipinski definition) is 2. The highest BCUT2D eigenvalue weighted by Gasteiger charge is 2.34. The van der Waals surface area contributed by atoms with Crippen molar-refractivity contribution in [2.75, 3.05) is 32.7 Å². The maximum Gasteiger partial charge on any atom is 0.260 e. The van der Waals surface area contributed by atoms with Crippen LogP contribution in [0.1, 0.15) is 46.0 Å². The van der Waals surface area contributed by atoms with Crippen molar-refractivity contribution in [2.45, 2.75) is 51.9 Å². The fourth-order valence-electron chi connectivity index (χ4n) is 3.26. The number of amides is 1. The van der Waals surface area contributed by atoms with Crippen LogP contribution >= 0.6 is 0 Å². The van der Waals surface area contributed by atoms with E-state index in [4.69, 9.17) is 0 Å². The average molecular weight is 302 g/mol. The van der Waals surface area contributed by atoms with Crippen LogP contribution in [-0.2, 0) is 4.79 Å². The number of halogens is 2. The fourth-order valence-corrected chi connectivity index (χ4v) is 3.26. The van der Waals surface area contributed by atoms with Gasteiger partial charge in [0.1, 0.15) is 0 Å². The van der Waals surface area contributed by atoms with Crippen molar-refractivity contribution >= 4 is 5.91 Å². The zero-order chi connectivity index (χ0) is 15.5. The Kier molecular flexibility index (Phi) is 5.58. The van der Waals surface area contributed by atoms with Gasteiger partial charge in [-0.2, -0.15) is 0 Å². The molecule has 0 aromatic rings. The lowest BCUT2D eigenvalue weighted by atomic mass is 9.92. The monoisotopic (exact) mass is 302 g/mol. The Hall–Kier alpha value is -0.710. The summed E-state index contributed by atoms with van der Waals surface area (Å²) in [6.07, 6.45) is 3.52. The van der Waals surface area contributed by atoms with Gasteiger partial charge in [-0.05, 0) is 44.7 Å². The summed E-state index contributed by atoms with van der Waals surface area (Å²) in [6.45, 7) is 6.57. The number of carbonyl (C=O) groups excluding carboxylic acids is 1. The molecule has 21 heavy (non-hydrogen) atoms. The molecule has 0 atom stereocenters. The highest BCUT2D eigenvalue weighted by atomic mass is 19.3. The summed E-state index contributed by atoms with van der Waals surface area (Å²) < 4.78 is 26.8. The molecule has 122 valence electrons. The standard InChI is InChI=1S/C16H28F2N2O/c1-3-16(17,18)12-19-8-6-14(7-9-19)15(21)20-10-4-13(2)5-11-20/h13-14H,3-12H2,1-2H3. The van der Waals surface area contributed by atoms with Crippen LogP contribution in [0.15, 0.2) is 0 Å². The Bertz CT molecular complexity index is 346. The first kappa shape index (κ1) is 16.7. The van der Waals surface area contributed by atoms with Gasteiger partial charge >= 0.3 is 0 Å². The molecular weight excluding hydrogens is 274 g/mol. The van der Waals surface area contributed by atoms with Gasteiger partial charge in [-0.25, -0.2) is 8.78 Å². The zero-order valence-electron chi connectivity index (χ0n) is 13.3. The Morgan fingerprint density at radius 3 is 2.19 bits per heavy atom. The lowest BCUT2D eigenvalue weighted by Crippen LogP contribution is -2.47. The number of rotatable bonds is 4. The Balaban J connectivity index is 1.77. The lowest BCUT2D eigenvalue weighted by molar-refractivity contribution is -0.138. The molecule has 0 aromatic heterocycles. The van der Waals surface area contributed by atoms with Gasteiger partial charge < -0.3 is 4.90 Å². The normalized spacial score (nSPS) is 23.5. The van der Waals surface area contributed by atoms with E-state index in [9.17, 15) is 13.6 Å². The third kappa shape index (κ3) is 4.63. The van der Waals surface area contributed by atoms with E-state index in [0.717, 1.165) is 38.8 Å². The molecule has 5 heteroatoms. The molecule has 0 bridgehead atoms. The van der Waals surface area contributed by atoms with Gasteiger partial charge in [0, 0.05) is 25.4 Å². The summed E-state index contributed by atoms with van der Waals surface area (Å²) in [6, 6.07) is 0. The first-order chi connectivity index (χ1) is 9.91. The van der Waals surface area contributed by atoms with Gasteiger partial charge in [-0.15, -0.1) is 0 Å². The second-order valence-corrected chi connectivity index (χ2v) is 6.77. The summed E-state index contributed by atoms with van der Waals surface area (Å²) in [5, 5.41) is 0. The summed E-state index contributed by atoms with van der Waals surface area (Å²) in [7, 11) is 0. The molecule has 0 unspecified atom stereocenters. The van der Waals surface area contributed by atoms with Gasteiger partial charge in [-0.3, -0.25) is 9.69 Å². The van der Waals surface area contributed by atoms with Crippen LogP contribution in [0.25, 0.3) is 0 Å². The number of hydrogen-bond donors (Lipinski definition) is 0. The van der Waals surface area contributed by atoms with E-state index >= 15 is 0 Å². The highest BCUT2D eigenvalue weighted by Crippen LogP contribution is 2.26. The molecule has 2 heterocycles. The number of likely N-dealkylation sites (tertiary alicyclic amines) is 2. The molecule has 2 aliphatic rings. The van der Waals surface area contributed by atoms with Gasteiger partial charge in [-0.1, -0.05) is 13.8 Å². The summed E-state index contributed by atoms with van der Waals surface area (Å²) in [4.78, 5) is 16.3. The molecule has 0 saturated carbocycles. The van der Waals surface area contributed by atoms with E-state index < -0.39 is 5.92 Å². The van der Waals surface area contributed by atoms with Crippen molar-refractivity contribution < 1.29 is 13.6 Å². The third-order valence-electron chi connectivity index (χ3n) is 5.00. The van der Waals surface area contributed by atoms with Crippen molar-refractivity contribution in [2.24, 2.45) is 11.8 Å². The van der Waals surface area contributed by atoms with Crippen LogP contribution in [0.2, 0.25) is 0 Å². The van der Waals surface area contributed by atoms with Gasteiger partial charge in [0.25, 0.3) is 5.92 Å². The smallest absolute Gasteiger partial charge is 0.260 e. The second kappa shape index (κ2) is 7.03. The summed E-state index contributed by atoms with van der Waals surface area (Å²) in [5.41, 5.74) is 0. The van der Waals surface area contributed by atoms with Crippen LogP contribution in [0.3, 0.4) is 0 Å². The Morgan fingerprint density at radius 1 is 1.10 bits per heavy atom. The topological polar surface area (TPSA) is 23.6 Å². The quantitative estimate of drug-likeness (QED) is 0.797. The van der Waals surface area contributed by atoms with Gasteiger partial charge in [0.2, 0.25) is 5.91 Å². The van der Waals surface area contributed by atoms with E-state index in [-0.39, 0.29) is 24.8 Å². The van der Waals surface area contributed by atoms with Crippen molar-refractivity contribution in [1.82, 2.24) is 9.80 Å². The van der Waals surface area contributed by atoms with Crippen LogP contribution in [0.4, 0.5) is 8.78 Å². The zero-order valence-corrected chi connectivity index (χ0v) is 13.3. The Labute approximate surface area is 126 Å². The number of nitrogens with zero attached hydrogens (tertiary/aromatic N) is 2. The third-order valence-corrected chi connectivity index (χ3v) is 5.00. The largest absolute Gasteiger partial charge is 0.342 e. The molecule has 0 radical (unpaired) electrons. The minimum Gasteiger partial charge on any atom is -0.342 e. The van der Waals surface area contributed by atoms with Crippen LogP contribution in [0, 0.1) is 11.8 Å². The maximum absolute atomic E-state index is 13.4. The molecule has 0 aromatic carbocycles. The van der Waals surface area contributed by atoms with Crippen LogP contribution in [0.5, 0.6) is 0 Å². The van der Waals surface area contributed by atoms with E-state index in [1.54, 1.807) is 0 Å². The molecular formula is C16H28F2N2O. The first-order valence-electron chi connectivity index (χ1n) is 8.30. The molecule has 2 fully saturated rings. The van der Waals surface area contributed by atoms with E-state index in [1.807, 2.05) is 9.80 Å². The molecule has 1 amide bonds. The van der Waals surface area contributed by atoms with E-state index in [0.29, 0.717) is 19.0 Å². The molecule has 2 saturated heterocycles. The summed E-state index contributed by atoms with van der Waals surface area (Å²) >= 11 is 0. The predicted octanol–water partition coefficient (Wildman–Crippen LogP) is 3.00. The molecule has 2 aliphatic heterocycles. The second-order valence-electron chi connectivity index (χ2n) is 6.77. The molecule has 0 N–H and O–H groups in total. The lowest BCUT2D eigenvalue weighted by Gasteiger charge is -2.37. The molecule has 0 aliphatic carbocycles. The number of alkyl halides is 2. The van der Waals surface area contributed by atoms with Crippen molar-refractivity contribution in [3.8, 4) is 0 Å². The van der Waals surface area contributed by atoms with Gasteiger partial charge in [0.15, 0.2) is 0 Å². The number of carbonyl (C=O) groups is 1. The fraction of sp³-hybridized carbons (Fsp3) is 0.938. The average Bonchev–Trinajstić information content (AvgIpc) is 2.48. The van der Waals surface area contributed by atoms with Crippen LogP contribution in [-0.4, -0.2) is 54.4 Å². The minimum atomic E-state index is -2.60. The van der Waals surface area contributed by atoms with Crippen molar-refractivity contribution in [3.63, 3.8) is 0 Å². The number of piperidine rings is 2. The highest BCUT2D eigenvalue weighted by molar-refractivity contribution is 5.79. The SMILES string of the molecule is CCC(F)(F)CN1CCC(C(=O)N2CCC(C)CC2)CC1. The predicted molar refractivity (Wildman–Crippen MR) is 79.4 cm³/mol. The van der Waals surface area contributed by atoms with Crippen molar-refractivity contribution in [1.29, 1.82) is 0 Å². The molecule has 2 rings (SSSR count). The first-order valence-corrected chi connectivity index (χ1v) is 8.30. The van der Waals surface area contributed by atoms with E-state index in [2.05, 4.69) is 6.92 Å². The van der Waals surface area contributed by atoms with E-state index in [1.165, 1.54) is 6.92 Å². The van der Waals surface area contributed by atoms with Crippen LogP contribution < -0.4 is 0 Å². The summed E-state index contributed by atoms with van der Waals surface area (Å²) in [5.74, 6) is -1.58.